The number of hydrogen-bond acceptors (Lipinski definition) is 3. The van der Waals surface area contributed by atoms with Crippen LogP contribution in [-0.4, -0.2) is 63.7 Å². The number of piperidine rings is 1. The number of hydrogen-bond donors (Lipinski definition) is 2. The van der Waals surface area contributed by atoms with Gasteiger partial charge in [-0.15, -0.1) is 24.0 Å². The van der Waals surface area contributed by atoms with Crippen molar-refractivity contribution in [2.75, 3.05) is 51.7 Å². The van der Waals surface area contributed by atoms with Gasteiger partial charge in [-0.2, -0.15) is 0 Å². The summed E-state index contributed by atoms with van der Waals surface area (Å²) in [7, 11) is 4.06. The lowest BCUT2D eigenvalue weighted by molar-refractivity contribution is 0.210. The van der Waals surface area contributed by atoms with Crippen LogP contribution in [0.5, 0.6) is 0 Å². The Morgan fingerprint density at radius 1 is 1.27 bits per heavy atom. The first-order valence-corrected chi connectivity index (χ1v) is 9.68. The summed E-state index contributed by atoms with van der Waals surface area (Å²) < 4.78 is 0. The van der Waals surface area contributed by atoms with Crippen LogP contribution in [0.4, 0.5) is 5.69 Å². The lowest BCUT2D eigenvalue weighted by Crippen LogP contribution is -2.47. The number of benzene rings is 1. The van der Waals surface area contributed by atoms with Gasteiger partial charge in [-0.3, -0.25) is 4.99 Å². The van der Waals surface area contributed by atoms with Crippen molar-refractivity contribution < 1.29 is 0 Å². The summed E-state index contributed by atoms with van der Waals surface area (Å²) in [5, 5.41) is 7.90. The molecule has 5 nitrogen and oxygen atoms in total. The van der Waals surface area contributed by atoms with Crippen molar-refractivity contribution in [3.63, 3.8) is 0 Å². The van der Waals surface area contributed by atoms with Crippen molar-refractivity contribution in [3.05, 3.63) is 29.3 Å². The highest BCUT2D eigenvalue weighted by Crippen LogP contribution is 2.23. The van der Waals surface area contributed by atoms with Crippen LogP contribution in [0, 0.1) is 5.92 Å². The first-order chi connectivity index (χ1) is 12.1. The quantitative estimate of drug-likeness (QED) is 0.386. The van der Waals surface area contributed by atoms with Crippen molar-refractivity contribution in [1.29, 1.82) is 0 Å². The molecule has 1 aromatic carbocycles. The average Bonchev–Trinajstić information content (AvgIpc) is 3.07. The highest BCUT2D eigenvalue weighted by molar-refractivity contribution is 14.0. The van der Waals surface area contributed by atoms with Crippen LogP contribution in [0.2, 0.25) is 5.02 Å². The maximum atomic E-state index is 6.12. The summed E-state index contributed by atoms with van der Waals surface area (Å²) in [6.45, 7) is 5.42. The van der Waals surface area contributed by atoms with Gasteiger partial charge in [0.25, 0.3) is 0 Å². The molecule has 2 aliphatic rings. The van der Waals surface area contributed by atoms with Crippen LogP contribution in [0.15, 0.2) is 29.3 Å². The molecule has 1 aromatic rings. The molecule has 2 fully saturated rings. The normalized spacial score (nSPS) is 24.3. The van der Waals surface area contributed by atoms with Crippen LogP contribution < -0.4 is 15.5 Å². The van der Waals surface area contributed by atoms with Crippen molar-refractivity contribution in [2.24, 2.45) is 10.9 Å². The van der Waals surface area contributed by atoms with Crippen molar-refractivity contribution in [2.45, 2.75) is 25.3 Å². The molecule has 0 bridgehead atoms. The Bertz CT molecular complexity index is 597. The Balaban J connectivity index is 0.00000243. The van der Waals surface area contributed by atoms with Gasteiger partial charge in [-0.25, -0.2) is 0 Å². The smallest absolute Gasteiger partial charge is 0.191 e. The van der Waals surface area contributed by atoms with Gasteiger partial charge in [0.2, 0.25) is 0 Å². The monoisotopic (exact) mass is 491 g/mol. The molecule has 7 heteroatoms. The van der Waals surface area contributed by atoms with Crippen molar-refractivity contribution in [3.8, 4) is 0 Å². The van der Waals surface area contributed by atoms with Gasteiger partial charge in [-0.1, -0.05) is 17.7 Å². The van der Waals surface area contributed by atoms with Crippen LogP contribution in [0.3, 0.4) is 0 Å². The molecule has 2 N–H and O–H groups in total. The molecule has 0 spiro atoms. The molecule has 2 saturated heterocycles. The molecule has 26 heavy (non-hydrogen) atoms. The van der Waals surface area contributed by atoms with Crippen molar-refractivity contribution in [1.82, 2.24) is 15.5 Å². The van der Waals surface area contributed by atoms with Gasteiger partial charge < -0.3 is 20.4 Å². The van der Waals surface area contributed by atoms with Crippen molar-refractivity contribution >= 4 is 47.2 Å². The number of guanidine groups is 1. The molecule has 146 valence electrons. The van der Waals surface area contributed by atoms with E-state index in [1.807, 2.05) is 25.2 Å². The third kappa shape index (κ3) is 6.16. The molecule has 0 saturated carbocycles. The van der Waals surface area contributed by atoms with Gasteiger partial charge in [0.15, 0.2) is 5.96 Å². The summed E-state index contributed by atoms with van der Waals surface area (Å²) in [5.74, 6) is 1.63. The second-order valence-corrected chi connectivity index (χ2v) is 7.72. The van der Waals surface area contributed by atoms with E-state index in [2.05, 4.69) is 38.5 Å². The molecule has 2 atom stereocenters. The van der Waals surface area contributed by atoms with E-state index < -0.39 is 0 Å². The lowest BCUT2D eigenvalue weighted by Gasteiger charge is -2.30. The first-order valence-electron chi connectivity index (χ1n) is 9.30. The average molecular weight is 492 g/mol. The van der Waals surface area contributed by atoms with E-state index in [0.29, 0.717) is 12.0 Å². The molecule has 0 amide bonds. The minimum atomic E-state index is 0. The van der Waals surface area contributed by atoms with E-state index in [-0.39, 0.29) is 24.0 Å². The Kier molecular flexibility index (Phi) is 8.76. The summed E-state index contributed by atoms with van der Waals surface area (Å²) in [6.07, 6.45) is 3.71. The maximum Gasteiger partial charge on any atom is 0.191 e. The van der Waals surface area contributed by atoms with E-state index >= 15 is 0 Å². The SMILES string of the molecule is CN=C(NCC1CCCN(C)C1)NC1CCN(c2cccc(Cl)c2)C1.I. The number of anilines is 1. The number of halogens is 2. The van der Waals surface area contributed by atoms with Gasteiger partial charge in [0.1, 0.15) is 0 Å². The van der Waals surface area contributed by atoms with Crippen LogP contribution in [0.25, 0.3) is 0 Å². The number of nitrogens with one attached hydrogen (secondary N) is 2. The summed E-state index contributed by atoms with van der Waals surface area (Å²) in [5.41, 5.74) is 1.20. The standard InChI is InChI=1S/C19H30ClN5.HI/c1-21-19(22-12-15-5-4-9-24(2)13-15)23-17-8-10-25(14-17)18-7-3-6-16(20)11-18;/h3,6-7,11,15,17H,4-5,8-10,12-14H2,1-2H3,(H2,21,22,23);1H. The van der Waals surface area contributed by atoms with E-state index in [4.69, 9.17) is 11.6 Å². The van der Waals surface area contributed by atoms with Crippen LogP contribution in [0.1, 0.15) is 19.3 Å². The minimum Gasteiger partial charge on any atom is -0.369 e. The molecule has 0 radical (unpaired) electrons. The summed E-state index contributed by atoms with van der Waals surface area (Å²) >= 11 is 6.12. The zero-order chi connectivity index (χ0) is 17.6. The highest BCUT2D eigenvalue weighted by Gasteiger charge is 2.24. The number of rotatable bonds is 4. The first kappa shape index (κ1) is 21.6. The van der Waals surface area contributed by atoms with E-state index in [9.17, 15) is 0 Å². The predicted molar refractivity (Wildman–Crippen MR) is 122 cm³/mol. The Morgan fingerprint density at radius 2 is 2.12 bits per heavy atom. The number of nitrogens with zero attached hydrogens (tertiary/aromatic N) is 3. The Hall–Kier alpha value is -0.730. The maximum absolute atomic E-state index is 6.12. The molecule has 0 aliphatic carbocycles. The molecular formula is C19H31ClIN5. The fourth-order valence-corrected chi connectivity index (χ4v) is 4.04. The Labute approximate surface area is 179 Å². The zero-order valence-corrected chi connectivity index (χ0v) is 18.8. The molecule has 2 heterocycles. The number of aliphatic imine (C=N–C) groups is 1. The fraction of sp³-hybridized carbons (Fsp3) is 0.632. The topological polar surface area (TPSA) is 42.9 Å². The molecule has 0 aromatic heterocycles. The summed E-state index contributed by atoms with van der Waals surface area (Å²) in [4.78, 5) is 9.21. The Morgan fingerprint density at radius 3 is 2.85 bits per heavy atom. The van der Waals surface area contributed by atoms with E-state index in [1.165, 1.54) is 31.6 Å². The highest BCUT2D eigenvalue weighted by atomic mass is 127. The lowest BCUT2D eigenvalue weighted by atomic mass is 9.99. The van der Waals surface area contributed by atoms with Crippen LogP contribution >= 0.6 is 35.6 Å². The van der Waals surface area contributed by atoms with Gasteiger partial charge in [0, 0.05) is 50.0 Å². The minimum absolute atomic E-state index is 0. The largest absolute Gasteiger partial charge is 0.369 e. The molecular weight excluding hydrogens is 461 g/mol. The molecule has 3 rings (SSSR count). The van der Waals surface area contributed by atoms with Crippen LogP contribution in [-0.2, 0) is 0 Å². The van der Waals surface area contributed by atoms with E-state index in [0.717, 1.165) is 37.0 Å². The predicted octanol–water partition coefficient (Wildman–Crippen LogP) is 3.04. The third-order valence-electron chi connectivity index (χ3n) is 5.21. The summed E-state index contributed by atoms with van der Waals surface area (Å²) in [6, 6.07) is 8.52. The number of likely N-dealkylation sites (tertiary alicyclic amines) is 1. The van der Waals surface area contributed by atoms with Gasteiger partial charge >= 0.3 is 0 Å². The van der Waals surface area contributed by atoms with E-state index in [1.54, 1.807) is 0 Å². The molecule has 2 aliphatic heterocycles. The fourth-order valence-electron chi connectivity index (χ4n) is 3.85. The molecule has 2 unspecified atom stereocenters. The third-order valence-corrected chi connectivity index (χ3v) is 5.44. The van der Waals surface area contributed by atoms with Gasteiger partial charge in [-0.05, 0) is 57.0 Å². The second kappa shape index (κ2) is 10.6. The second-order valence-electron chi connectivity index (χ2n) is 7.28. The van der Waals surface area contributed by atoms with Gasteiger partial charge in [0.05, 0.1) is 0 Å². The zero-order valence-electron chi connectivity index (χ0n) is 15.7.